The van der Waals surface area contributed by atoms with Gasteiger partial charge in [0.15, 0.2) is 0 Å². The highest BCUT2D eigenvalue weighted by Gasteiger charge is 2.35. The third-order valence-corrected chi connectivity index (χ3v) is 4.33. The van der Waals surface area contributed by atoms with Crippen LogP contribution < -0.4 is 5.32 Å². The van der Waals surface area contributed by atoms with Gasteiger partial charge >= 0.3 is 5.97 Å². The van der Waals surface area contributed by atoms with Crippen molar-refractivity contribution in [2.45, 2.75) is 33.6 Å². The van der Waals surface area contributed by atoms with E-state index in [0.29, 0.717) is 23.4 Å². The lowest BCUT2D eigenvalue weighted by Crippen LogP contribution is -2.42. The molecule has 0 aliphatic rings. The summed E-state index contributed by atoms with van der Waals surface area (Å²) in [6.07, 6.45) is 0.918. The number of hydrogen-bond acceptors (Lipinski definition) is 2. The number of aliphatic carboxylic acids is 1. The normalized spacial score (nSPS) is 11.2. The Bertz CT molecular complexity index is 510. The second-order valence-electron chi connectivity index (χ2n) is 4.91. The van der Waals surface area contributed by atoms with Gasteiger partial charge in [0.2, 0.25) is 0 Å². The van der Waals surface area contributed by atoms with Crippen molar-refractivity contribution in [2.75, 3.05) is 6.54 Å². The summed E-state index contributed by atoms with van der Waals surface area (Å²) in [6.45, 7) is 5.53. The topological polar surface area (TPSA) is 66.4 Å². The number of carboxylic acid groups (broad SMARTS) is 1. The van der Waals surface area contributed by atoms with E-state index in [1.165, 1.54) is 0 Å². The zero-order chi connectivity index (χ0) is 15.3. The summed E-state index contributed by atoms with van der Waals surface area (Å²) in [6, 6.07) is 5.20. The molecular weight excluding hydrogens is 278 g/mol. The lowest BCUT2D eigenvalue weighted by Gasteiger charge is -2.26. The van der Waals surface area contributed by atoms with Gasteiger partial charge in [0.1, 0.15) is 0 Å². The van der Waals surface area contributed by atoms with E-state index >= 15 is 0 Å². The van der Waals surface area contributed by atoms with Crippen molar-refractivity contribution in [3.63, 3.8) is 0 Å². The van der Waals surface area contributed by atoms with Gasteiger partial charge in [0.05, 0.1) is 16.0 Å². The van der Waals surface area contributed by atoms with E-state index < -0.39 is 11.4 Å². The van der Waals surface area contributed by atoms with E-state index in [9.17, 15) is 14.7 Å². The van der Waals surface area contributed by atoms with Crippen LogP contribution >= 0.6 is 11.6 Å². The molecule has 1 aromatic carbocycles. The Labute approximate surface area is 124 Å². The second-order valence-corrected chi connectivity index (χ2v) is 5.29. The summed E-state index contributed by atoms with van der Waals surface area (Å²) >= 11 is 6.09. The van der Waals surface area contributed by atoms with Crippen LogP contribution in [0.2, 0.25) is 5.02 Å². The summed E-state index contributed by atoms with van der Waals surface area (Å²) in [5.41, 5.74) is 0.263. The molecule has 0 aromatic heterocycles. The number of nitrogens with one attached hydrogen (secondary N) is 1. The molecule has 0 saturated carbocycles. The van der Waals surface area contributed by atoms with Gasteiger partial charge in [-0.15, -0.1) is 0 Å². The fourth-order valence-corrected chi connectivity index (χ4v) is 2.26. The number of amides is 1. The van der Waals surface area contributed by atoms with Gasteiger partial charge in [-0.3, -0.25) is 9.59 Å². The van der Waals surface area contributed by atoms with Gasteiger partial charge in [-0.1, -0.05) is 37.6 Å². The van der Waals surface area contributed by atoms with Gasteiger partial charge in [0.25, 0.3) is 5.91 Å². The van der Waals surface area contributed by atoms with Crippen molar-refractivity contribution in [2.24, 2.45) is 5.41 Å². The predicted octanol–water partition coefficient (Wildman–Crippen LogP) is 3.27. The molecule has 20 heavy (non-hydrogen) atoms. The number of rotatable bonds is 6. The number of aryl methyl sites for hydroxylation is 1. The van der Waals surface area contributed by atoms with Gasteiger partial charge in [-0.2, -0.15) is 0 Å². The molecule has 0 bridgehead atoms. The second kappa shape index (κ2) is 6.75. The number of carbonyl (C=O) groups is 2. The molecule has 2 N–H and O–H groups in total. The third-order valence-electron chi connectivity index (χ3n) is 3.83. The van der Waals surface area contributed by atoms with Crippen molar-refractivity contribution in [1.29, 1.82) is 0 Å². The molecule has 5 heteroatoms. The number of halogens is 1. The van der Waals surface area contributed by atoms with Crippen molar-refractivity contribution in [1.82, 2.24) is 5.32 Å². The van der Waals surface area contributed by atoms with Gasteiger partial charge in [-0.05, 0) is 31.4 Å². The smallest absolute Gasteiger partial charge is 0.311 e. The lowest BCUT2D eigenvalue weighted by molar-refractivity contribution is -0.149. The van der Waals surface area contributed by atoms with Crippen LogP contribution in [0.3, 0.4) is 0 Å². The minimum Gasteiger partial charge on any atom is -0.481 e. The molecule has 1 aromatic rings. The first-order valence-corrected chi connectivity index (χ1v) is 7.02. The van der Waals surface area contributed by atoms with Crippen LogP contribution in [0.25, 0.3) is 0 Å². The quantitative estimate of drug-likeness (QED) is 0.847. The molecule has 0 heterocycles. The third kappa shape index (κ3) is 3.31. The van der Waals surface area contributed by atoms with Gasteiger partial charge < -0.3 is 10.4 Å². The first kappa shape index (κ1) is 16.5. The van der Waals surface area contributed by atoms with Crippen molar-refractivity contribution in [3.05, 3.63) is 34.3 Å². The molecule has 110 valence electrons. The Morgan fingerprint density at radius 3 is 2.40 bits per heavy atom. The van der Waals surface area contributed by atoms with Crippen LogP contribution in [0.4, 0.5) is 0 Å². The van der Waals surface area contributed by atoms with Gasteiger partial charge in [0, 0.05) is 6.54 Å². The Balaban J connectivity index is 2.86. The molecule has 0 fully saturated rings. The Hall–Kier alpha value is -1.55. The monoisotopic (exact) mass is 297 g/mol. The van der Waals surface area contributed by atoms with Crippen molar-refractivity contribution in [3.8, 4) is 0 Å². The number of carbonyl (C=O) groups excluding carboxylic acids is 1. The van der Waals surface area contributed by atoms with E-state index in [-0.39, 0.29) is 12.5 Å². The molecule has 0 spiro atoms. The highest BCUT2D eigenvalue weighted by atomic mass is 35.5. The van der Waals surface area contributed by atoms with Crippen LogP contribution in [0.5, 0.6) is 0 Å². The summed E-state index contributed by atoms with van der Waals surface area (Å²) in [4.78, 5) is 23.5. The average molecular weight is 298 g/mol. The predicted molar refractivity (Wildman–Crippen MR) is 79.2 cm³/mol. The standard InChI is InChI=1S/C15H20ClNO3/c1-4-15(5-2,14(19)20)9-17-13(18)11-8-6-7-10(3)12(11)16/h6-8H,4-5,9H2,1-3H3,(H,17,18)(H,19,20). The minimum absolute atomic E-state index is 0.0957. The molecule has 0 aliphatic carbocycles. The summed E-state index contributed by atoms with van der Waals surface area (Å²) in [5, 5.41) is 12.4. The molecule has 1 amide bonds. The lowest BCUT2D eigenvalue weighted by atomic mass is 9.82. The van der Waals surface area contributed by atoms with Crippen LogP contribution in [-0.2, 0) is 4.79 Å². The van der Waals surface area contributed by atoms with Crippen molar-refractivity contribution < 1.29 is 14.7 Å². The van der Waals surface area contributed by atoms with E-state index in [4.69, 9.17) is 11.6 Å². The summed E-state index contributed by atoms with van der Waals surface area (Å²) < 4.78 is 0. The molecular formula is C15H20ClNO3. The van der Waals surface area contributed by atoms with Crippen LogP contribution in [-0.4, -0.2) is 23.5 Å². The van der Waals surface area contributed by atoms with E-state index in [0.717, 1.165) is 5.56 Å². The summed E-state index contributed by atoms with van der Waals surface area (Å²) in [5.74, 6) is -1.23. The molecule has 0 atom stereocenters. The van der Waals surface area contributed by atoms with Crippen LogP contribution in [0, 0.1) is 12.3 Å². The fraction of sp³-hybridized carbons (Fsp3) is 0.467. The zero-order valence-corrected chi connectivity index (χ0v) is 12.8. The minimum atomic E-state index is -0.925. The highest BCUT2D eigenvalue weighted by molar-refractivity contribution is 6.34. The number of hydrogen-bond donors (Lipinski definition) is 2. The molecule has 0 aliphatic heterocycles. The highest BCUT2D eigenvalue weighted by Crippen LogP contribution is 2.26. The molecule has 0 saturated heterocycles. The molecule has 1 rings (SSSR count). The molecule has 4 nitrogen and oxygen atoms in total. The SMILES string of the molecule is CCC(CC)(CNC(=O)c1cccc(C)c1Cl)C(=O)O. The molecule has 0 unspecified atom stereocenters. The van der Waals surface area contributed by atoms with E-state index in [1.807, 2.05) is 26.8 Å². The first-order valence-electron chi connectivity index (χ1n) is 6.64. The Morgan fingerprint density at radius 1 is 1.30 bits per heavy atom. The maximum atomic E-state index is 12.1. The summed E-state index contributed by atoms with van der Waals surface area (Å²) in [7, 11) is 0. The Kier molecular flexibility index (Phi) is 5.57. The zero-order valence-electron chi connectivity index (χ0n) is 12.0. The largest absolute Gasteiger partial charge is 0.481 e. The van der Waals surface area contributed by atoms with Crippen LogP contribution in [0.15, 0.2) is 18.2 Å². The molecule has 0 radical (unpaired) electrons. The first-order chi connectivity index (χ1) is 9.38. The fourth-order valence-electron chi connectivity index (χ4n) is 2.05. The number of carboxylic acids is 1. The van der Waals surface area contributed by atoms with E-state index in [1.54, 1.807) is 12.1 Å². The van der Waals surface area contributed by atoms with E-state index in [2.05, 4.69) is 5.32 Å². The maximum Gasteiger partial charge on any atom is 0.311 e. The van der Waals surface area contributed by atoms with Crippen molar-refractivity contribution >= 4 is 23.5 Å². The average Bonchev–Trinajstić information content (AvgIpc) is 2.43. The number of benzene rings is 1. The Morgan fingerprint density at radius 2 is 1.90 bits per heavy atom. The maximum absolute atomic E-state index is 12.1. The van der Waals surface area contributed by atoms with Crippen LogP contribution in [0.1, 0.15) is 42.6 Å². The van der Waals surface area contributed by atoms with Gasteiger partial charge in [-0.25, -0.2) is 0 Å².